The Morgan fingerprint density at radius 3 is 3.19 bits per heavy atom. The zero-order chi connectivity index (χ0) is 14.7. The number of aromatic amines is 1. The molecule has 1 aromatic heterocycles. The number of ether oxygens (including phenoxy) is 1. The first-order valence-electron chi connectivity index (χ1n) is 7.23. The van der Waals surface area contributed by atoms with Gasteiger partial charge in [-0.3, -0.25) is 4.79 Å². The van der Waals surface area contributed by atoms with Crippen LogP contribution in [0.1, 0.15) is 19.8 Å². The third-order valence-electron chi connectivity index (χ3n) is 3.55. The minimum Gasteiger partial charge on any atom is -0.376 e. The molecule has 0 aliphatic carbocycles. The number of fused-ring (bicyclic) bond motifs is 1. The smallest absolute Gasteiger partial charge is 0.233 e. The van der Waals surface area contributed by atoms with E-state index in [-0.39, 0.29) is 17.3 Å². The molecule has 0 saturated carbocycles. The van der Waals surface area contributed by atoms with Crippen LogP contribution in [-0.2, 0) is 9.53 Å². The molecular formula is C15H19N3O2S. The molecule has 21 heavy (non-hydrogen) atoms. The van der Waals surface area contributed by atoms with Crippen LogP contribution in [0.4, 0.5) is 0 Å². The number of benzene rings is 1. The summed E-state index contributed by atoms with van der Waals surface area (Å²) in [6.07, 6.45) is 2.30. The first kappa shape index (κ1) is 14.4. The molecule has 0 radical (unpaired) electrons. The largest absolute Gasteiger partial charge is 0.376 e. The van der Waals surface area contributed by atoms with Crippen molar-refractivity contribution in [1.29, 1.82) is 0 Å². The topological polar surface area (TPSA) is 67.0 Å². The van der Waals surface area contributed by atoms with Gasteiger partial charge in [-0.2, -0.15) is 0 Å². The lowest BCUT2D eigenvalue weighted by Crippen LogP contribution is -2.36. The Morgan fingerprint density at radius 1 is 1.57 bits per heavy atom. The second-order valence-corrected chi connectivity index (χ2v) is 6.53. The molecule has 1 saturated heterocycles. The van der Waals surface area contributed by atoms with Gasteiger partial charge < -0.3 is 15.0 Å². The van der Waals surface area contributed by atoms with Crippen molar-refractivity contribution in [3.63, 3.8) is 0 Å². The highest BCUT2D eigenvalue weighted by atomic mass is 32.2. The first-order chi connectivity index (χ1) is 10.2. The number of carbonyl (C=O) groups excluding carboxylic acids is 1. The number of thioether (sulfide) groups is 1. The molecule has 3 rings (SSSR count). The van der Waals surface area contributed by atoms with E-state index in [4.69, 9.17) is 4.74 Å². The maximum Gasteiger partial charge on any atom is 0.233 e. The molecule has 2 atom stereocenters. The summed E-state index contributed by atoms with van der Waals surface area (Å²) in [6, 6.07) is 7.86. The van der Waals surface area contributed by atoms with Gasteiger partial charge in [0, 0.05) is 13.2 Å². The molecular weight excluding hydrogens is 286 g/mol. The zero-order valence-corrected chi connectivity index (χ0v) is 12.8. The van der Waals surface area contributed by atoms with Crippen LogP contribution in [0.2, 0.25) is 0 Å². The highest BCUT2D eigenvalue weighted by Crippen LogP contribution is 2.23. The molecule has 1 fully saturated rings. The van der Waals surface area contributed by atoms with Crippen molar-refractivity contribution in [3.05, 3.63) is 24.3 Å². The number of hydrogen-bond acceptors (Lipinski definition) is 4. The number of amides is 1. The van der Waals surface area contributed by atoms with Gasteiger partial charge in [0.15, 0.2) is 5.16 Å². The molecule has 1 amide bonds. The SMILES string of the molecule is CC(Sc1nc2ccccc2[nH]1)C(=O)NCC1CCCO1. The van der Waals surface area contributed by atoms with Crippen molar-refractivity contribution in [3.8, 4) is 0 Å². The first-order valence-corrected chi connectivity index (χ1v) is 8.11. The Labute approximate surface area is 127 Å². The van der Waals surface area contributed by atoms with Gasteiger partial charge in [0.1, 0.15) is 0 Å². The van der Waals surface area contributed by atoms with Gasteiger partial charge in [0.25, 0.3) is 0 Å². The Kier molecular flexibility index (Phi) is 4.45. The number of aromatic nitrogens is 2. The van der Waals surface area contributed by atoms with Crippen LogP contribution < -0.4 is 5.32 Å². The van der Waals surface area contributed by atoms with Crippen LogP contribution in [0.15, 0.2) is 29.4 Å². The van der Waals surface area contributed by atoms with Crippen LogP contribution >= 0.6 is 11.8 Å². The molecule has 6 heteroatoms. The molecule has 1 aliphatic rings. The van der Waals surface area contributed by atoms with Crippen molar-refractivity contribution < 1.29 is 9.53 Å². The Bertz CT molecular complexity index is 589. The minimum absolute atomic E-state index is 0.0240. The molecule has 5 nitrogen and oxygen atoms in total. The van der Waals surface area contributed by atoms with E-state index in [1.54, 1.807) is 0 Å². The van der Waals surface area contributed by atoms with Crippen LogP contribution in [0, 0.1) is 0 Å². The fourth-order valence-electron chi connectivity index (χ4n) is 2.37. The third kappa shape index (κ3) is 3.57. The van der Waals surface area contributed by atoms with Crippen LogP contribution in [-0.4, -0.2) is 40.4 Å². The fraction of sp³-hybridized carbons (Fsp3) is 0.467. The molecule has 2 N–H and O–H groups in total. The predicted molar refractivity (Wildman–Crippen MR) is 83.4 cm³/mol. The van der Waals surface area contributed by atoms with E-state index in [1.165, 1.54) is 11.8 Å². The molecule has 2 heterocycles. The molecule has 1 aromatic carbocycles. The van der Waals surface area contributed by atoms with E-state index in [0.717, 1.165) is 35.6 Å². The van der Waals surface area contributed by atoms with Gasteiger partial charge in [-0.05, 0) is 31.9 Å². The number of carbonyl (C=O) groups is 1. The second kappa shape index (κ2) is 6.49. The Balaban J connectivity index is 1.54. The van der Waals surface area contributed by atoms with Crippen LogP contribution in [0.5, 0.6) is 0 Å². The molecule has 0 bridgehead atoms. The number of nitrogens with zero attached hydrogens (tertiary/aromatic N) is 1. The number of H-pyrrole nitrogens is 1. The van der Waals surface area contributed by atoms with Gasteiger partial charge in [-0.25, -0.2) is 4.98 Å². The normalized spacial score (nSPS) is 19.8. The summed E-state index contributed by atoms with van der Waals surface area (Å²) in [7, 11) is 0. The van der Waals surface area contributed by atoms with Gasteiger partial charge in [-0.15, -0.1) is 0 Å². The van der Waals surface area contributed by atoms with Crippen molar-refractivity contribution in [1.82, 2.24) is 15.3 Å². The summed E-state index contributed by atoms with van der Waals surface area (Å²) >= 11 is 1.44. The maximum atomic E-state index is 12.1. The number of imidazole rings is 1. The summed E-state index contributed by atoms with van der Waals surface area (Å²) in [5.41, 5.74) is 1.92. The van der Waals surface area contributed by atoms with Crippen LogP contribution in [0.3, 0.4) is 0 Å². The molecule has 1 aliphatic heterocycles. The van der Waals surface area contributed by atoms with Gasteiger partial charge in [0.2, 0.25) is 5.91 Å². The fourth-order valence-corrected chi connectivity index (χ4v) is 3.21. The third-order valence-corrected chi connectivity index (χ3v) is 4.54. The molecule has 0 spiro atoms. The monoisotopic (exact) mass is 305 g/mol. The average molecular weight is 305 g/mol. The maximum absolute atomic E-state index is 12.1. The van der Waals surface area contributed by atoms with E-state index < -0.39 is 0 Å². The van der Waals surface area contributed by atoms with E-state index in [2.05, 4.69) is 15.3 Å². The number of rotatable bonds is 5. The summed E-state index contributed by atoms with van der Waals surface area (Å²) < 4.78 is 5.50. The highest BCUT2D eigenvalue weighted by molar-refractivity contribution is 8.00. The summed E-state index contributed by atoms with van der Waals surface area (Å²) in [5.74, 6) is 0.0240. The molecule has 112 valence electrons. The summed E-state index contributed by atoms with van der Waals surface area (Å²) in [6.45, 7) is 3.30. The predicted octanol–water partition coefficient (Wildman–Crippen LogP) is 2.34. The van der Waals surface area contributed by atoms with Gasteiger partial charge in [-0.1, -0.05) is 23.9 Å². The lowest BCUT2D eigenvalue weighted by molar-refractivity contribution is -0.120. The van der Waals surface area contributed by atoms with Crippen molar-refractivity contribution in [2.75, 3.05) is 13.2 Å². The van der Waals surface area contributed by atoms with E-state index >= 15 is 0 Å². The Morgan fingerprint density at radius 2 is 2.43 bits per heavy atom. The van der Waals surface area contributed by atoms with Crippen molar-refractivity contribution in [2.45, 2.75) is 36.3 Å². The van der Waals surface area contributed by atoms with Crippen LogP contribution in [0.25, 0.3) is 11.0 Å². The highest BCUT2D eigenvalue weighted by Gasteiger charge is 2.20. The quantitative estimate of drug-likeness (QED) is 0.832. The number of hydrogen-bond donors (Lipinski definition) is 2. The second-order valence-electron chi connectivity index (χ2n) is 5.20. The minimum atomic E-state index is -0.188. The van der Waals surface area contributed by atoms with Crippen molar-refractivity contribution >= 4 is 28.7 Å². The summed E-state index contributed by atoms with van der Waals surface area (Å²) in [4.78, 5) is 19.8. The van der Waals surface area contributed by atoms with Gasteiger partial charge in [0.05, 0.1) is 22.4 Å². The number of nitrogens with one attached hydrogen (secondary N) is 2. The zero-order valence-electron chi connectivity index (χ0n) is 12.0. The lowest BCUT2D eigenvalue weighted by Gasteiger charge is -2.13. The number of para-hydroxylation sites is 2. The van der Waals surface area contributed by atoms with Crippen molar-refractivity contribution in [2.24, 2.45) is 0 Å². The lowest BCUT2D eigenvalue weighted by atomic mass is 10.2. The summed E-state index contributed by atoms with van der Waals surface area (Å²) in [5, 5.41) is 3.54. The van der Waals surface area contributed by atoms with E-state index in [0.29, 0.717) is 6.54 Å². The Hall–Kier alpha value is -1.53. The standard InChI is InChI=1S/C15H19N3O2S/c1-10(14(19)16-9-11-5-4-8-20-11)21-15-17-12-6-2-3-7-13(12)18-15/h2-3,6-7,10-11H,4-5,8-9H2,1H3,(H,16,19)(H,17,18). The van der Waals surface area contributed by atoms with Gasteiger partial charge >= 0.3 is 0 Å². The molecule has 2 aromatic rings. The molecule has 2 unspecified atom stereocenters. The van der Waals surface area contributed by atoms with E-state index in [9.17, 15) is 4.79 Å². The van der Waals surface area contributed by atoms with E-state index in [1.807, 2.05) is 31.2 Å². The average Bonchev–Trinajstić information content (AvgIpc) is 3.13.